The summed E-state index contributed by atoms with van der Waals surface area (Å²) in [5, 5.41) is 2.83. The monoisotopic (exact) mass is 299 g/mol. The van der Waals surface area contributed by atoms with Crippen LogP contribution in [0.5, 0.6) is 5.75 Å². The second-order valence-corrected chi connectivity index (χ2v) is 4.75. The Kier molecular flexibility index (Phi) is 4.02. The molecule has 0 saturated carbocycles. The minimum atomic E-state index is -0.335. The largest absolute Gasteiger partial charge is 0.495 e. The maximum absolute atomic E-state index is 11.9. The third-order valence-electron chi connectivity index (χ3n) is 2.64. The van der Waals surface area contributed by atoms with Crippen LogP contribution in [0.3, 0.4) is 0 Å². The average Bonchev–Trinajstić information content (AvgIpc) is 2.83. The molecule has 0 aromatic heterocycles. The fourth-order valence-corrected chi connectivity index (χ4v) is 2.14. The Morgan fingerprint density at radius 2 is 2.41 bits per heavy atom. The van der Waals surface area contributed by atoms with E-state index in [1.54, 1.807) is 13.2 Å². The van der Waals surface area contributed by atoms with E-state index in [4.69, 9.17) is 9.47 Å². The van der Waals surface area contributed by atoms with Crippen LogP contribution in [0.15, 0.2) is 22.7 Å². The summed E-state index contributed by atoms with van der Waals surface area (Å²) in [6.45, 7) is 0.660. The molecule has 0 radical (unpaired) electrons. The molecule has 17 heavy (non-hydrogen) atoms. The van der Waals surface area contributed by atoms with E-state index in [2.05, 4.69) is 21.2 Å². The summed E-state index contributed by atoms with van der Waals surface area (Å²) >= 11 is 3.36. The predicted molar refractivity (Wildman–Crippen MR) is 68.3 cm³/mol. The van der Waals surface area contributed by atoms with E-state index < -0.39 is 0 Å². The van der Waals surface area contributed by atoms with Gasteiger partial charge >= 0.3 is 0 Å². The summed E-state index contributed by atoms with van der Waals surface area (Å²) < 4.78 is 11.4. The second kappa shape index (κ2) is 5.51. The molecule has 2 rings (SSSR count). The minimum absolute atomic E-state index is 0.112. The third-order valence-corrected chi connectivity index (χ3v) is 3.13. The van der Waals surface area contributed by atoms with Gasteiger partial charge in [0.25, 0.3) is 5.91 Å². The number of hydrogen-bond acceptors (Lipinski definition) is 3. The van der Waals surface area contributed by atoms with Gasteiger partial charge in [0.15, 0.2) is 0 Å². The number of hydrogen-bond donors (Lipinski definition) is 1. The highest BCUT2D eigenvalue weighted by Crippen LogP contribution is 2.28. The molecule has 1 amide bonds. The first-order valence-corrected chi connectivity index (χ1v) is 6.26. The summed E-state index contributed by atoms with van der Waals surface area (Å²) in [6.07, 6.45) is 1.38. The van der Waals surface area contributed by atoms with Crippen LogP contribution in [-0.2, 0) is 9.53 Å². The third kappa shape index (κ3) is 2.98. The maximum Gasteiger partial charge on any atom is 0.253 e. The van der Waals surface area contributed by atoms with Gasteiger partial charge in [-0.1, -0.05) is 15.9 Å². The zero-order valence-corrected chi connectivity index (χ0v) is 11.1. The van der Waals surface area contributed by atoms with Crippen LogP contribution < -0.4 is 10.1 Å². The summed E-state index contributed by atoms with van der Waals surface area (Å²) in [5.41, 5.74) is 0.655. The molecule has 1 aromatic rings. The number of nitrogens with one attached hydrogen (secondary N) is 1. The normalized spacial score (nSPS) is 19.1. The molecular weight excluding hydrogens is 286 g/mol. The number of ether oxygens (including phenoxy) is 2. The molecule has 0 aliphatic carbocycles. The Bertz CT molecular complexity index is 416. The molecule has 0 unspecified atom stereocenters. The van der Waals surface area contributed by atoms with Gasteiger partial charge in [-0.3, -0.25) is 4.79 Å². The van der Waals surface area contributed by atoms with Gasteiger partial charge < -0.3 is 14.8 Å². The quantitative estimate of drug-likeness (QED) is 0.933. The topological polar surface area (TPSA) is 47.6 Å². The van der Waals surface area contributed by atoms with Crippen molar-refractivity contribution in [3.8, 4) is 5.75 Å². The van der Waals surface area contributed by atoms with E-state index in [-0.39, 0.29) is 12.0 Å². The van der Waals surface area contributed by atoms with E-state index in [0.717, 1.165) is 17.3 Å². The van der Waals surface area contributed by atoms with E-state index in [0.29, 0.717) is 18.0 Å². The van der Waals surface area contributed by atoms with E-state index in [1.807, 2.05) is 12.1 Å². The Morgan fingerprint density at radius 1 is 1.59 bits per heavy atom. The van der Waals surface area contributed by atoms with Crippen molar-refractivity contribution in [1.29, 1.82) is 0 Å². The molecule has 1 aromatic carbocycles. The highest BCUT2D eigenvalue weighted by atomic mass is 79.9. The smallest absolute Gasteiger partial charge is 0.253 e. The van der Waals surface area contributed by atoms with Gasteiger partial charge in [-0.15, -0.1) is 0 Å². The summed E-state index contributed by atoms with van der Waals surface area (Å²) in [4.78, 5) is 11.9. The molecule has 1 aliphatic heterocycles. The van der Waals surface area contributed by atoms with Crippen LogP contribution in [0, 0.1) is 0 Å². The number of amides is 1. The molecule has 1 saturated heterocycles. The molecule has 0 spiro atoms. The zero-order valence-electron chi connectivity index (χ0n) is 9.53. The molecular formula is C12H14BrNO3. The number of carbonyl (C=O) groups excluding carboxylic acids is 1. The van der Waals surface area contributed by atoms with Gasteiger partial charge in [-0.2, -0.15) is 0 Å². The van der Waals surface area contributed by atoms with Crippen molar-refractivity contribution >= 4 is 27.5 Å². The van der Waals surface area contributed by atoms with Crippen LogP contribution >= 0.6 is 15.9 Å². The van der Waals surface area contributed by atoms with Crippen molar-refractivity contribution in [2.24, 2.45) is 0 Å². The highest BCUT2D eigenvalue weighted by Gasteiger charge is 2.24. The molecule has 4 nitrogen and oxygen atoms in total. The van der Waals surface area contributed by atoms with Gasteiger partial charge in [-0.05, 0) is 31.0 Å². The number of rotatable bonds is 3. The number of benzene rings is 1. The van der Waals surface area contributed by atoms with Crippen molar-refractivity contribution in [3.05, 3.63) is 22.7 Å². The van der Waals surface area contributed by atoms with Gasteiger partial charge in [-0.25, -0.2) is 0 Å². The highest BCUT2D eigenvalue weighted by molar-refractivity contribution is 9.10. The molecule has 1 fully saturated rings. The fraction of sp³-hybridized carbons (Fsp3) is 0.417. The molecule has 0 bridgehead atoms. The first-order valence-electron chi connectivity index (χ1n) is 5.46. The predicted octanol–water partition coefficient (Wildman–Crippen LogP) is 2.58. The number of halogens is 1. The zero-order chi connectivity index (χ0) is 12.3. The van der Waals surface area contributed by atoms with Crippen molar-refractivity contribution in [1.82, 2.24) is 0 Å². The lowest BCUT2D eigenvalue weighted by molar-refractivity contribution is -0.124. The van der Waals surface area contributed by atoms with Crippen molar-refractivity contribution in [3.63, 3.8) is 0 Å². The summed E-state index contributed by atoms with van der Waals surface area (Å²) in [7, 11) is 1.57. The van der Waals surface area contributed by atoms with E-state index in [9.17, 15) is 4.79 Å². The second-order valence-electron chi connectivity index (χ2n) is 3.84. The number of carbonyl (C=O) groups is 1. The van der Waals surface area contributed by atoms with Crippen LogP contribution in [-0.4, -0.2) is 25.7 Å². The minimum Gasteiger partial charge on any atom is -0.495 e. The van der Waals surface area contributed by atoms with Gasteiger partial charge in [0.2, 0.25) is 0 Å². The SMILES string of the molecule is COc1ccc(Br)cc1NC(=O)[C@@H]1CCCO1. The lowest BCUT2D eigenvalue weighted by Gasteiger charge is -2.13. The van der Waals surface area contributed by atoms with Gasteiger partial charge in [0.05, 0.1) is 12.8 Å². The fourth-order valence-electron chi connectivity index (χ4n) is 1.78. The Balaban J connectivity index is 2.11. The van der Waals surface area contributed by atoms with Crippen molar-refractivity contribution in [2.75, 3.05) is 19.0 Å². The lowest BCUT2D eigenvalue weighted by Crippen LogP contribution is -2.27. The van der Waals surface area contributed by atoms with Crippen LogP contribution in [0.2, 0.25) is 0 Å². The maximum atomic E-state index is 11.9. The van der Waals surface area contributed by atoms with Crippen molar-refractivity contribution in [2.45, 2.75) is 18.9 Å². The Hall–Kier alpha value is -1.07. The summed E-state index contributed by atoms with van der Waals surface area (Å²) in [6, 6.07) is 5.47. The van der Waals surface area contributed by atoms with Gasteiger partial charge in [0, 0.05) is 11.1 Å². The number of anilines is 1. The molecule has 1 N–H and O–H groups in total. The molecule has 1 heterocycles. The van der Waals surface area contributed by atoms with E-state index >= 15 is 0 Å². The lowest BCUT2D eigenvalue weighted by atomic mass is 10.2. The number of methoxy groups -OCH3 is 1. The molecule has 1 atom stereocenters. The van der Waals surface area contributed by atoms with Crippen LogP contribution in [0.25, 0.3) is 0 Å². The molecule has 92 valence electrons. The van der Waals surface area contributed by atoms with Crippen LogP contribution in [0.4, 0.5) is 5.69 Å². The molecule has 1 aliphatic rings. The standard InChI is InChI=1S/C12H14BrNO3/c1-16-10-5-4-8(13)7-9(10)14-12(15)11-3-2-6-17-11/h4-5,7,11H,2-3,6H2,1H3,(H,14,15)/t11-/m0/s1. The van der Waals surface area contributed by atoms with E-state index in [1.165, 1.54) is 0 Å². The Labute approximate surface area is 108 Å². The average molecular weight is 300 g/mol. The molecule has 5 heteroatoms. The van der Waals surface area contributed by atoms with Crippen molar-refractivity contribution < 1.29 is 14.3 Å². The first-order chi connectivity index (χ1) is 8.20. The summed E-state index contributed by atoms with van der Waals surface area (Å²) in [5.74, 6) is 0.526. The first kappa shape index (κ1) is 12.4. The van der Waals surface area contributed by atoms with Crippen LogP contribution in [0.1, 0.15) is 12.8 Å². The Morgan fingerprint density at radius 3 is 3.06 bits per heavy atom. The van der Waals surface area contributed by atoms with Gasteiger partial charge in [0.1, 0.15) is 11.9 Å².